The zero-order valence-corrected chi connectivity index (χ0v) is 13.3. The van der Waals surface area contributed by atoms with E-state index in [0.29, 0.717) is 0 Å². The van der Waals surface area contributed by atoms with Gasteiger partial charge in [-0.15, -0.1) is 0 Å². The number of benzene rings is 3. The molecule has 0 saturated carbocycles. The molecule has 0 N–H and O–H groups in total. The van der Waals surface area contributed by atoms with Gasteiger partial charge in [0, 0.05) is 0 Å². The van der Waals surface area contributed by atoms with Gasteiger partial charge in [-0.1, -0.05) is 66.7 Å². The second-order valence-electron chi connectivity index (χ2n) is 6.13. The van der Waals surface area contributed by atoms with Crippen LogP contribution in [0.1, 0.15) is 27.8 Å². The van der Waals surface area contributed by atoms with Gasteiger partial charge in [0.2, 0.25) is 0 Å². The third-order valence-electron chi connectivity index (χ3n) is 4.58. The molecule has 0 atom stereocenters. The normalized spacial score (nSPS) is 13.9. The minimum absolute atomic E-state index is 0.621. The van der Waals surface area contributed by atoms with E-state index in [1.54, 1.807) is 12.1 Å². The van der Waals surface area contributed by atoms with Crippen molar-refractivity contribution in [3.63, 3.8) is 0 Å². The van der Waals surface area contributed by atoms with Crippen LogP contribution in [0.4, 0.5) is 13.2 Å². The van der Waals surface area contributed by atoms with Gasteiger partial charge in [-0.2, -0.15) is 13.2 Å². The molecule has 0 fully saturated rings. The Bertz CT molecular complexity index is 933. The molecule has 0 bridgehead atoms. The summed E-state index contributed by atoms with van der Waals surface area (Å²) in [6, 6.07) is 23.6. The fourth-order valence-corrected chi connectivity index (χ4v) is 3.40. The molecule has 3 aromatic rings. The van der Waals surface area contributed by atoms with Crippen LogP contribution in [0, 0.1) is 0 Å². The van der Waals surface area contributed by atoms with Gasteiger partial charge in [0.15, 0.2) is 0 Å². The maximum atomic E-state index is 12.9. The van der Waals surface area contributed by atoms with E-state index in [4.69, 9.17) is 0 Å². The van der Waals surface area contributed by atoms with Crippen molar-refractivity contribution in [2.45, 2.75) is 12.6 Å². The number of fused-ring (bicyclic) bond motifs is 1. The summed E-state index contributed by atoms with van der Waals surface area (Å²) in [6.07, 6.45) is -3.53. The SMILES string of the molecule is FC(F)(F)c1ccc(C2=C(c3ccccc3)Cc3ccccc32)cc1. The zero-order valence-electron chi connectivity index (χ0n) is 13.3. The maximum absolute atomic E-state index is 12.9. The molecule has 0 radical (unpaired) electrons. The van der Waals surface area contributed by atoms with Crippen LogP contribution >= 0.6 is 0 Å². The summed E-state index contributed by atoms with van der Waals surface area (Å²) in [7, 11) is 0. The molecule has 0 unspecified atom stereocenters. The van der Waals surface area contributed by atoms with Gasteiger partial charge in [-0.05, 0) is 52.0 Å². The zero-order chi connectivity index (χ0) is 17.4. The Morgan fingerprint density at radius 3 is 1.96 bits per heavy atom. The first-order valence-electron chi connectivity index (χ1n) is 8.08. The average molecular weight is 336 g/mol. The lowest BCUT2D eigenvalue weighted by atomic mass is 9.94. The molecule has 4 rings (SSSR count). The van der Waals surface area contributed by atoms with Crippen LogP contribution in [0.15, 0.2) is 78.9 Å². The molecule has 3 aromatic carbocycles. The first-order valence-corrected chi connectivity index (χ1v) is 8.08. The summed E-state index contributed by atoms with van der Waals surface area (Å²) in [5.41, 5.74) is 5.78. The van der Waals surface area contributed by atoms with Gasteiger partial charge >= 0.3 is 6.18 Å². The molecule has 0 saturated heterocycles. The Morgan fingerprint density at radius 1 is 0.640 bits per heavy atom. The van der Waals surface area contributed by atoms with E-state index >= 15 is 0 Å². The Morgan fingerprint density at radius 2 is 1.28 bits per heavy atom. The van der Waals surface area contributed by atoms with Crippen molar-refractivity contribution >= 4 is 11.1 Å². The van der Waals surface area contributed by atoms with Crippen LogP contribution in [0.5, 0.6) is 0 Å². The van der Waals surface area contributed by atoms with Crippen molar-refractivity contribution < 1.29 is 13.2 Å². The molecule has 25 heavy (non-hydrogen) atoms. The highest BCUT2D eigenvalue weighted by Crippen LogP contribution is 2.42. The van der Waals surface area contributed by atoms with E-state index in [1.807, 2.05) is 48.5 Å². The molecule has 124 valence electrons. The van der Waals surface area contributed by atoms with Gasteiger partial charge in [-0.3, -0.25) is 0 Å². The van der Waals surface area contributed by atoms with Gasteiger partial charge in [0.05, 0.1) is 5.56 Å². The van der Waals surface area contributed by atoms with Crippen LogP contribution in [-0.2, 0) is 12.6 Å². The Balaban J connectivity index is 1.88. The van der Waals surface area contributed by atoms with E-state index in [-0.39, 0.29) is 0 Å². The van der Waals surface area contributed by atoms with Crippen LogP contribution in [0.25, 0.3) is 11.1 Å². The summed E-state index contributed by atoms with van der Waals surface area (Å²) in [5, 5.41) is 0. The molecule has 0 nitrogen and oxygen atoms in total. The van der Waals surface area contributed by atoms with Crippen molar-refractivity contribution in [2.75, 3.05) is 0 Å². The van der Waals surface area contributed by atoms with Crippen LogP contribution in [-0.4, -0.2) is 0 Å². The van der Waals surface area contributed by atoms with Gasteiger partial charge in [0.25, 0.3) is 0 Å². The molecule has 0 aromatic heterocycles. The summed E-state index contributed by atoms with van der Waals surface area (Å²) in [6.45, 7) is 0. The highest BCUT2D eigenvalue weighted by molar-refractivity contribution is 6.03. The fraction of sp³-hybridized carbons (Fsp3) is 0.0909. The largest absolute Gasteiger partial charge is 0.416 e. The highest BCUT2D eigenvalue weighted by atomic mass is 19.4. The Hall–Kier alpha value is -2.81. The van der Waals surface area contributed by atoms with E-state index in [2.05, 4.69) is 6.07 Å². The smallest absolute Gasteiger partial charge is 0.166 e. The molecule has 1 aliphatic carbocycles. The fourth-order valence-electron chi connectivity index (χ4n) is 3.40. The van der Waals surface area contributed by atoms with E-state index in [9.17, 15) is 13.2 Å². The van der Waals surface area contributed by atoms with Gasteiger partial charge in [0.1, 0.15) is 0 Å². The monoisotopic (exact) mass is 336 g/mol. The van der Waals surface area contributed by atoms with E-state index < -0.39 is 11.7 Å². The number of rotatable bonds is 2. The lowest BCUT2D eigenvalue weighted by molar-refractivity contribution is -0.137. The number of hydrogen-bond acceptors (Lipinski definition) is 0. The van der Waals surface area contributed by atoms with E-state index in [1.165, 1.54) is 5.56 Å². The summed E-state index contributed by atoms with van der Waals surface area (Å²) in [5.74, 6) is 0. The lowest BCUT2D eigenvalue weighted by Crippen LogP contribution is -2.04. The van der Waals surface area contributed by atoms with Crippen LogP contribution in [0.3, 0.4) is 0 Å². The standard InChI is InChI=1S/C22H15F3/c23-22(24,25)18-12-10-16(11-13-18)21-19-9-5-4-8-17(19)14-20(21)15-6-2-1-3-7-15/h1-13H,14H2. The van der Waals surface area contributed by atoms with Crippen molar-refractivity contribution in [3.8, 4) is 0 Å². The molecule has 0 amide bonds. The lowest BCUT2D eigenvalue weighted by Gasteiger charge is -2.12. The van der Waals surface area contributed by atoms with Gasteiger partial charge in [-0.25, -0.2) is 0 Å². The second kappa shape index (κ2) is 5.92. The topological polar surface area (TPSA) is 0 Å². The number of hydrogen-bond donors (Lipinski definition) is 0. The maximum Gasteiger partial charge on any atom is 0.416 e. The molecular weight excluding hydrogens is 321 g/mol. The van der Waals surface area contributed by atoms with Crippen molar-refractivity contribution in [3.05, 3.63) is 107 Å². The van der Waals surface area contributed by atoms with Crippen molar-refractivity contribution in [1.29, 1.82) is 0 Å². The van der Waals surface area contributed by atoms with Crippen LogP contribution < -0.4 is 0 Å². The summed E-state index contributed by atoms with van der Waals surface area (Å²) < 4.78 is 38.6. The Kier molecular flexibility index (Phi) is 3.72. The third kappa shape index (κ3) is 2.86. The summed E-state index contributed by atoms with van der Waals surface area (Å²) in [4.78, 5) is 0. The van der Waals surface area contributed by atoms with E-state index in [0.717, 1.165) is 46.4 Å². The first-order chi connectivity index (χ1) is 12.0. The molecule has 0 heterocycles. The minimum atomic E-state index is -4.32. The quantitative estimate of drug-likeness (QED) is 0.521. The number of halogens is 3. The Labute approximate surface area is 144 Å². The number of allylic oxidation sites excluding steroid dienone is 1. The second-order valence-corrected chi connectivity index (χ2v) is 6.13. The molecular formula is C22H15F3. The minimum Gasteiger partial charge on any atom is -0.166 e. The van der Waals surface area contributed by atoms with Crippen LogP contribution in [0.2, 0.25) is 0 Å². The highest BCUT2D eigenvalue weighted by Gasteiger charge is 2.30. The predicted molar refractivity (Wildman–Crippen MR) is 93.9 cm³/mol. The van der Waals surface area contributed by atoms with Crippen molar-refractivity contribution in [2.24, 2.45) is 0 Å². The molecule has 0 aliphatic heterocycles. The van der Waals surface area contributed by atoms with Crippen molar-refractivity contribution in [1.82, 2.24) is 0 Å². The summed E-state index contributed by atoms with van der Waals surface area (Å²) >= 11 is 0. The first kappa shape index (κ1) is 15.7. The van der Waals surface area contributed by atoms with Gasteiger partial charge < -0.3 is 0 Å². The average Bonchev–Trinajstić information content (AvgIpc) is 3.01. The molecule has 1 aliphatic rings. The molecule has 0 spiro atoms. The third-order valence-corrected chi connectivity index (χ3v) is 4.58. The molecule has 3 heteroatoms. The predicted octanol–water partition coefficient (Wildman–Crippen LogP) is 6.22. The number of alkyl halides is 3.